The number of unbranched alkanes of at least 4 members (excludes halogenated alkanes) is 3. The van der Waals surface area contributed by atoms with E-state index in [0.29, 0.717) is 18.9 Å². The summed E-state index contributed by atoms with van der Waals surface area (Å²) in [6.45, 7) is 3.28. The van der Waals surface area contributed by atoms with E-state index in [-0.39, 0.29) is 17.8 Å². The van der Waals surface area contributed by atoms with Crippen LogP contribution in [-0.4, -0.2) is 18.4 Å². The minimum absolute atomic E-state index is 0.0136. The highest BCUT2D eigenvalue weighted by Gasteiger charge is 2.27. The topological polar surface area (TPSA) is 55.4 Å². The van der Waals surface area contributed by atoms with Gasteiger partial charge in [-0.15, -0.1) is 0 Å². The number of hydrogen-bond acceptors (Lipinski definition) is 3. The Balaban J connectivity index is 1.58. The minimum atomic E-state index is -0.0766. The molecule has 1 N–H and O–H groups in total. The molecular formula is C22H33NO3. The van der Waals surface area contributed by atoms with E-state index in [1.807, 2.05) is 30.3 Å². The van der Waals surface area contributed by atoms with Gasteiger partial charge in [0.25, 0.3) is 0 Å². The Morgan fingerprint density at radius 2 is 1.77 bits per heavy atom. The van der Waals surface area contributed by atoms with Gasteiger partial charge in [-0.2, -0.15) is 0 Å². The van der Waals surface area contributed by atoms with Gasteiger partial charge in [0.15, 0.2) is 0 Å². The summed E-state index contributed by atoms with van der Waals surface area (Å²) in [5.74, 6) is 0.602. The second-order valence-corrected chi connectivity index (χ2v) is 7.43. The zero-order valence-electron chi connectivity index (χ0n) is 16.0. The molecule has 1 fully saturated rings. The van der Waals surface area contributed by atoms with Gasteiger partial charge in [0.2, 0.25) is 5.91 Å². The molecule has 0 aromatic heterocycles. The fraction of sp³-hybridized carbons (Fsp3) is 0.636. The quantitative estimate of drug-likeness (QED) is 0.490. The van der Waals surface area contributed by atoms with Gasteiger partial charge in [-0.25, -0.2) is 0 Å². The van der Waals surface area contributed by atoms with Crippen LogP contribution in [-0.2, 0) is 20.9 Å². The average Bonchev–Trinajstić information content (AvgIpc) is 2.69. The van der Waals surface area contributed by atoms with Crippen LogP contribution in [0.5, 0.6) is 0 Å². The molecule has 0 radical (unpaired) electrons. The van der Waals surface area contributed by atoms with E-state index in [0.717, 1.165) is 50.6 Å². The van der Waals surface area contributed by atoms with Crippen molar-refractivity contribution in [2.75, 3.05) is 6.54 Å². The number of carbonyl (C=O) groups excluding carboxylic acids is 2. The standard InChI is InChI=1S/C22H33NO3/c1-2-3-4-8-11-21(24)23-16-18-12-14-20(15-13-18)22(25)26-17-19-9-6-5-7-10-19/h5-7,9-10,18,20H,2-4,8,11-17H2,1H3,(H,23,24). The van der Waals surface area contributed by atoms with Crippen molar-refractivity contribution in [2.24, 2.45) is 11.8 Å². The lowest BCUT2D eigenvalue weighted by atomic mass is 9.82. The summed E-state index contributed by atoms with van der Waals surface area (Å²) in [4.78, 5) is 24.1. The summed E-state index contributed by atoms with van der Waals surface area (Å²) in [6.07, 6.45) is 8.87. The first-order valence-electron chi connectivity index (χ1n) is 10.2. The molecule has 1 amide bonds. The number of carbonyl (C=O) groups is 2. The van der Waals surface area contributed by atoms with Crippen molar-refractivity contribution < 1.29 is 14.3 Å². The summed E-state index contributed by atoms with van der Waals surface area (Å²) in [5, 5.41) is 3.06. The van der Waals surface area contributed by atoms with Gasteiger partial charge in [-0.3, -0.25) is 9.59 Å². The molecule has 0 spiro atoms. The van der Waals surface area contributed by atoms with Crippen molar-refractivity contribution in [1.82, 2.24) is 5.32 Å². The zero-order chi connectivity index (χ0) is 18.6. The molecule has 2 rings (SSSR count). The van der Waals surface area contributed by atoms with Gasteiger partial charge >= 0.3 is 5.97 Å². The highest BCUT2D eigenvalue weighted by Crippen LogP contribution is 2.29. The van der Waals surface area contributed by atoms with Crippen molar-refractivity contribution in [3.8, 4) is 0 Å². The van der Waals surface area contributed by atoms with Gasteiger partial charge in [0.1, 0.15) is 6.61 Å². The molecule has 0 heterocycles. The van der Waals surface area contributed by atoms with Gasteiger partial charge in [-0.05, 0) is 43.6 Å². The summed E-state index contributed by atoms with van der Waals surface area (Å²) in [5.41, 5.74) is 1.02. The lowest BCUT2D eigenvalue weighted by Gasteiger charge is -2.27. The molecule has 0 aliphatic heterocycles. The molecule has 1 saturated carbocycles. The molecule has 0 saturated heterocycles. The Bertz CT molecular complexity index is 536. The number of esters is 1. The maximum absolute atomic E-state index is 12.2. The third-order valence-electron chi connectivity index (χ3n) is 5.25. The van der Waals surface area contributed by atoms with Gasteiger partial charge < -0.3 is 10.1 Å². The number of ether oxygens (including phenoxy) is 1. The Kier molecular flexibility index (Phi) is 9.22. The first kappa shape index (κ1) is 20.5. The smallest absolute Gasteiger partial charge is 0.309 e. The van der Waals surface area contributed by atoms with Crippen molar-refractivity contribution in [3.63, 3.8) is 0 Å². The maximum atomic E-state index is 12.2. The minimum Gasteiger partial charge on any atom is -0.461 e. The lowest BCUT2D eigenvalue weighted by Crippen LogP contribution is -2.32. The molecule has 4 heteroatoms. The molecule has 0 bridgehead atoms. The monoisotopic (exact) mass is 359 g/mol. The Hall–Kier alpha value is -1.84. The fourth-order valence-corrected chi connectivity index (χ4v) is 3.51. The number of rotatable bonds is 10. The summed E-state index contributed by atoms with van der Waals surface area (Å²) < 4.78 is 5.46. The largest absolute Gasteiger partial charge is 0.461 e. The van der Waals surface area contributed by atoms with Crippen LogP contribution < -0.4 is 5.32 Å². The molecule has 1 aliphatic carbocycles. The fourth-order valence-electron chi connectivity index (χ4n) is 3.51. The lowest BCUT2D eigenvalue weighted by molar-refractivity contribution is -0.151. The molecule has 1 aliphatic rings. The summed E-state index contributed by atoms with van der Waals surface area (Å²) in [6, 6.07) is 9.79. The number of nitrogens with one attached hydrogen (secondary N) is 1. The van der Waals surface area contributed by atoms with Crippen LogP contribution in [0.4, 0.5) is 0 Å². The molecule has 0 unspecified atom stereocenters. The van der Waals surface area contributed by atoms with Crippen molar-refractivity contribution in [2.45, 2.75) is 71.3 Å². The molecule has 1 aromatic rings. The van der Waals surface area contributed by atoms with Crippen LogP contribution in [0.15, 0.2) is 30.3 Å². The SMILES string of the molecule is CCCCCCC(=O)NCC1CCC(C(=O)OCc2ccccc2)CC1. The van der Waals surface area contributed by atoms with Crippen molar-refractivity contribution in [1.29, 1.82) is 0 Å². The van der Waals surface area contributed by atoms with E-state index in [9.17, 15) is 9.59 Å². The third kappa shape index (κ3) is 7.59. The molecule has 144 valence electrons. The van der Waals surface area contributed by atoms with E-state index >= 15 is 0 Å². The van der Waals surface area contributed by atoms with Crippen LogP contribution in [0.1, 0.15) is 70.3 Å². The van der Waals surface area contributed by atoms with E-state index in [2.05, 4.69) is 12.2 Å². The van der Waals surface area contributed by atoms with E-state index in [1.54, 1.807) is 0 Å². The van der Waals surface area contributed by atoms with Crippen LogP contribution in [0.2, 0.25) is 0 Å². The zero-order valence-corrected chi connectivity index (χ0v) is 16.0. The normalized spacial score (nSPS) is 19.7. The van der Waals surface area contributed by atoms with E-state index in [1.165, 1.54) is 12.8 Å². The predicted molar refractivity (Wildman–Crippen MR) is 103 cm³/mol. The average molecular weight is 360 g/mol. The van der Waals surface area contributed by atoms with E-state index in [4.69, 9.17) is 4.74 Å². The number of benzene rings is 1. The molecular weight excluding hydrogens is 326 g/mol. The maximum Gasteiger partial charge on any atom is 0.309 e. The van der Waals surface area contributed by atoms with Gasteiger partial charge in [0.05, 0.1) is 5.92 Å². The van der Waals surface area contributed by atoms with Crippen LogP contribution in [0.25, 0.3) is 0 Å². The second kappa shape index (κ2) is 11.7. The number of hydrogen-bond donors (Lipinski definition) is 1. The second-order valence-electron chi connectivity index (χ2n) is 7.43. The van der Waals surface area contributed by atoms with Crippen LogP contribution >= 0.6 is 0 Å². The predicted octanol–water partition coefficient (Wildman–Crippen LogP) is 4.62. The highest BCUT2D eigenvalue weighted by molar-refractivity contribution is 5.75. The third-order valence-corrected chi connectivity index (χ3v) is 5.25. The van der Waals surface area contributed by atoms with Crippen molar-refractivity contribution in [3.05, 3.63) is 35.9 Å². The van der Waals surface area contributed by atoms with Crippen LogP contribution in [0, 0.1) is 11.8 Å². The van der Waals surface area contributed by atoms with Crippen molar-refractivity contribution >= 4 is 11.9 Å². The molecule has 0 atom stereocenters. The highest BCUT2D eigenvalue weighted by atomic mass is 16.5. The van der Waals surface area contributed by atoms with Crippen LogP contribution in [0.3, 0.4) is 0 Å². The Morgan fingerprint density at radius 3 is 2.46 bits per heavy atom. The molecule has 26 heavy (non-hydrogen) atoms. The van der Waals surface area contributed by atoms with Gasteiger partial charge in [0, 0.05) is 13.0 Å². The molecule has 1 aromatic carbocycles. The summed E-state index contributed by atoms with van der Waals surface area (Å²) >= 11 is 0. The van der Waals surface area contributed by atoms with E-state index < -0.39 is 0 Å². The first-order valence-corrected chi connectivity index (χ1v) is 10.2. The number of amides is 1. The first-order chi connectivity index (χ1) is 12.7. The Labute approximate surface area is 157 Å². The molecule has 4 nitrogen and oxygen atoms in total. The van der Waals surface area contributed by atoms with Gasteiger partial charge in [-0.1, -0.05) is 56.5 Å². The Morgan fingerprint density at radius 1 is 1.04 bits per heavy atom. The summed E-state index contributed by atoms with van der Waals surface area (Å²) in [7, 11) is 0.